The van der Waals surface area contributed by atoms with Gasteiger partial charge in [0.15, 0.2) is 0 Å². The van der Waals surface area contributed by atoms with Crippen molar-refractivity contribution in [3.05, 3.63) is 69.7 Å². The fourth-order valence-electron chi connectivity index (χ4n) is 4.81. The van der Waals surface area contributed by atoms with Crippen LogP contribution in [0.15, 0.2) is 48.5 Å². The molecule has 31 heavy (non-hydrogen) atoms. The topological polar surface area (TPSA) is 46.6 Å². The number of halogens is 2. The number of methoxy groups -OCH3 is 1. The van der Waals surface area contributed by atoms with Crippen molar-refractivity contribution < 1.29 is 14.3 Å². The number of esters is 1. The lowest BCUT2D eigenvalue weighted by molar-refractivity contribution is -0.171. The highest BCUT2D eigenvalue weighted by molar-refractivity contribution is 6.30. The lowest BCUT2D eigenvalue weighted by Crippen LogP contribution is -2.58. The van der Waals surface area contributed by atoms with E-state index in [-0.39, 0.29) is 23.9 Å². The number of carbonyl (C=O) groups is 2. The summed E-state index contributed by atoms with van der Waals surface area (Å²) >= 11 is 12.5. The van der Waals surface area contributed by atoms with Crippen LogP contribution in [0.5, 0.6) is 0 Å². The Kier molecular flexibility index (Phi) is 7.33. The molecule has 0 radical (unpaired) electrons. The van der Waals surface area contributed by atoms with Gasteiger partial charge in [-0.15, -0.1) is 0 Å². The number of ether oxygens (including phenoxy) is 1. The number of benzene rings is 2. The first kappa shape index (κ1) is 23.6. The summed E-state index contributed by atoms with van der Waals surface area (Å²) in [4.78, 5) is 28.6. The highest BCUT2D eigenvalue weighted by Gasteiger charge is 2.55. The van der Waals surface area contributed by atoms with Crippen molar-refractivity contribution in [1.82, 2.24) is 4.90 Å². The second-order valence-corrected chi connectivity index (χ2v) is 9.24. The average Bonchev–Trinajstić information content (AvgIpc) is 2.77. The molecular formula is C25H29Cl2NO3. The lowest BCUT2D eigenvalue weighted by atomic mass is 9.68. The molecule has 0 aromatic heterocycles. The minimum atomic E-state index is -1.27. The minimum Gasteiger partial charge on any atom is -0.468 e. The molecule has 1 amide bonds. The van der Waals surface area contributed by atoms with Crippen LogP contribution in [0.25, 0.3) is 0 Å². The van der Waals surface area contributed by atoms with E-state index in [2.05, 4.69) is 13.8 Å². The Labute approximate surface area is 194 Å². The van der Waals surface area contributed by atoms with Crippen molar-refractivity contribution in [3.8, 4) is 0 Å². The second-order valence-electron chi connectivity index (χ2n) is 8.37. The van der Waals surface area contributed by atoms with Crippen molar-refractivity contribution in [1.29, 1.82) is 0 Å². The monoisotopic (exact) mass is 461 g/mol. The Morgan fingerprint density at radius 2 is 1.74 bits per heavy atom. The largest absolute Gasteiger partial charge is 0.468 e. The summed E-state index contributed by atoms with van der Waals surface area (Å²) in [6, 6.07) is 15.0. The number of rotatable bonds is 6. The van der Waals surface area contributed by atoms with Gasteiger partial charge in [0.2, 0.25) is 5.91 Å². The zero-order valence-electron chi connectivity index (χ0n) is 18.4. The lowest BCUT2D eigenvalue weighted by Gasteiger charge is -2.51. The number of piperidine rings is 1. The number of amides is 1. The second kappa shape index (κ2) is 9.62. The van der Waals surface area contributed by atoms with Gasteiger partial charge in [0.05, 0.1) is 13.2 Å². The summed E-state index contributed by atoms with van der Waals surface area (Å²) in [7, 11) is 1.34. The molecule has 0 bridgehead atoms. The van der Waals surface area contributed by atoms with E-state index in [1.165, 1.54) is 7.11 Å². The summed E-state index contributed by atoms with van der Waals surface area (Å²) in [5.74, 6) is -0.830. The van der Waals surface area contributed by atoms with Crippen LogP contribution in [0, 0.1) is 5.41 Å². The molecule has 0 spiro atoms. The van der Waals surface area contributed by atoms with Crippen LogP contribution >= 0.6 is 23.2 Å². The number of hydrogen-bond donors (Lipinski definition) is 0. The molecular weight excluding hydrogens is 433 g/mol. The molecule has 1 saturated heterocycles. The number of likely N-dealkylation sites (tertiary alicyclic amines) is 1. The summed E-state index contributed by atoms with van der Waals surface area (Å²) in [5.41, 5.74) is 0.709. The summed E-state index contributed by atoms with van der Waals surface area (Å²) in [6.45, 7) is 5.84. The van der Waals surface area contributed by atoms with Crippen molar-refractivity contribution in [2.24, 2.45) is 5.41 Å². The van der Waals surface area contributed by atoms with E-state index in [9.17, 15) is 9.59 Å². The van der Waals surface area contributed by atoms with E-state index in [1.54, 1.807) is 6.92 Å². The predicted octanol–water partition coefficient (Wildman–Crippen LogP) is 6.42. The van der Waals surface area contributed by atoms with E-state index in [4.69, 9.17) is 27.9 Å². The van der Waals surface area contributed by atoms with Crippen LogP contribution in [0.3, 0.4) is 0 Å². The Morgan fingerprint density at radius 3 is 2.29 bits per heavy atom. The standard InChI is InChI=1S/C25H29Cl2NO3/c1-5-20(6-2)28-22(16-10-12-18(26)13-11-16)21(17-8-7-9-19(27)14-17)15-25(3,23(28)29)24(30)31-4/h7-14,20-22H,5-6,15H2,1-4H3/t21-,22-,25+/m1/s1. The fraction of sp³-hybridized carbons (Fsp3) is 0.440. The van der Waals surface area contributed by atoms with Crippen LogP contribution < -0.4 is 0 Å². The third kappa shape index (κ3) is 4.47. The third-order valence-electron chi connectivity index (χ3n) is 6.48. The molecule has 3 rings (SSSR count). The number of nitrogens with zero attached hydrogens (tertiary/aromatic N) is 1. The predicted molar refractivity (Wildman–Crippen MR) is 124 cm³/mol. The van der Waals surface area contributed by atoms with Crippen LogP contribution in [-0.2, 0) is 14.3 Å². The first-order valence-electron chi connectivity index (χ1n) is 10.7. The average molecular weight is 462 g/mol. The molecule has 0 N–H and O–H groups in total. The first-order valence-corrected chi connectivity index (χ1v) is 11.4. The third-order valence-corrected chi connectivity index (χ3v) is 6.96. The van der Waals surface area contributed by atoms with Gasteiger partial charge in [-0.1, -0.05) is 61.3 Å². The molecule has 4 nitrogen and oxygen atoms in total. The molecule has 1 heterocycles. The van der Waals surface area contributed by atoms with Gasteiger partial charge in [-0.05, 0) is 61.6 Å². The maximum Gasteiger partial charge on any atom is 0.321 e. The Bertz CT molecular complexity index is 942. The van der Waals surface area contributed by atoms with E-state index in [1.807, 2.05) is 53.4 Å². The van der Waals surface area contributed by atoms with Crippen molar-refractivity contribution >= 4 is 35.1 Å². The minimum absolute atomic E-state index is 0.0147. The van der Waals surface area contributed by atoms with Crippen molar-refractivity contribution in [2.75, 3.05) is 7.11 Å². The molecule has 2 aromatic carbocycles. The first-order chi connectivity index (χ1) is 14.8. The van der Waals surface area contributed by atoms with Gasteiger partial charge in [0.25, 0.3) is 0 Å². The van der Waals surface area contributed by atoms with E-state index >= 15 is 0 Å². The molecule has 1 aliphatic heterocycles. The Balaban J connectivity index is 2.25. The van der Waals surface area contributed by atoms with Gasteiger partial charge in [-0.3, -0.25) is 9.59 Å². The molecule has 1 aliphatic rings. The maximum absolute atomic E-state index is 13.9. The molecule has 1 fully saturated rings. The molecule has 6 heteroatoms. The van der Waals surface area contributed by atoms with E-state index < -0.39 is 11.4 Å². The number of carbonyl (C=O) groups excluding carboxylic acids is 2. The maximum atomic E-state index is 13.9. The summed E-state index contributed by atoms with van der Waals surface area (Å²) < 4.78 is 5.09. The van der Waals surface area contributed by atoms with Crippen LogP contribution in [-0.4, -0.2) is 29.9 Å². The van der Waals surface area contributed by atoms with Gasteiger partial charge >= 0.3 is 5.97 Å². The Morgan fingerprint density at radius 1 is 1.10 bits per heavy atom. The molecule has 166 valence electrons. The zero-order valence-corrected chi connectivity index (χ0v) is 19.9. The van der Waals surface area contributed by atoms with Gasteiger partial charge in [-0.2, -0.15) is 0 Å². The van der Waals surface area contributed by atoms with Gasteiger partial charge < -0.3 is 9.64 Å². The Hall–Kier alpha value is -2.04. The van der Waals surface area contributed by atoms with E-state index in [0.29, 0.717) is 16.5 Å². The van der Waals surface area contributed by atoms with Crippen molar-refractivity contribution in [3.63, 3.8) is 0 Å². The van der Waals surface area contributed by atoms with Crippen molar-refractivity contribution in [2.45, 2.75) is 58.0 Å². The van der Waals surface area contributed by atoms with E-state index in [0.717, 1.165) is 24.0 Å². The zero-order chi connectivity index (χ0) is 22.8. The summed E-state index contributed by atoms with van der Waals surface area (Å²) in [5, 5.41) is 1.26. The number of hydrogen-bond acceptors (Lipinski definition) is 3. The SMILES string of the molecule is CCC(CC)N1C(=O)[C@@](C)(C(=O)OC)C[C@H](c2cccc(Cl)c2)[C@H]1c1ccc(Cl)cc1. The summed E-state index contributed by atoms with van der Waals surface area (Å²) in [6.07, 6.45) is 1.90. The van der Waals surface area contributed by atoms with Crippen LogP contribution in [0.2, 0.25) is 10.0 Å². The highest BCUT2D eigenvalue weighted by atomic mass is 35.5. The molecule has 0 unspecified atom stereocenters. The van der Waals surface area contributed by atoms with Crippen LogP contribution in [0.1, 0.15) is 63.1 Å². The molecule has 2 aromatic rings. The van der Waals surface area contributed by atoms with Crippen LogP contribution in [0.4, 0.5) is 0 Å². The highest BCUT2D eigenvalue weighted by Crippen LogP contribution is 2.51. The van der Waals surface area contributed by atoms with Gasteiger partial charge in [-0.25, -0.2) is 0 Å². The molecule has 0 saturated carbocycles. The smallest absolute Gasteiger partial charge is 0.321 e. The normalized spacial score (nSPS) is 23.8. The fourth-order valence-corrected chi connectivity index (χ4v) is 5.13. The van der Waals surface area contributed by atoms with Gasteiger partial charge in [0.1, 0.15) is 5.41 Å². The molecule has 0 aliphatic carbocycles. The molecule has 3 atom stereocenters. The van der Waals surface area contributed by atoms with Gasteiger partial charge in [0, 0.05) is 22.0 Å². The quantitative estimate of drug-likeness (QED) is 0.368.